The van der Waals surface area contributed by atoms with Gasteiger partial charge >= 0.3 is 12.5 Å². The summed E-state index contributed by atoms with van der Waals surface area (Å²) in [5.41, 5.74) is -2.33. The molecule has 52 heavy (non-hydrogen) atoms. The van der Waals surface area contributed by atoms with Crippen LogP contribution in [0, 0.1) is 5.92 Å². The first kappa shape index (κ1) is 35.1. The number of aromatic nitrogens is 1. The predicted molar refractivity (Wildman–Crippen MR) is 177 cm³/mol. The van der Waals surface area contributed by atoms with Crippen molar-refractivity contribution in [3.05, 3.63) is 35.4 Å². The molecule has 2 N–H and O–H groups in total. The van der Waals surface area contributed by atoms with E-state index in [-0.39, 0.29) is 84.5 Å². The molecule has 5 aliphatic rings. The van der Waals surface area contributed by atoms with Crippen LogP contribution in [0.4, 0.5) is 32.8 Å². The van der Waals surface area contributed by atoms with Gasteiger partial charge in [0.25, 0.3) is 11.8 Å². The molecule has 3 saturated heterocycles. The minimum atomic E-state index is -4.59. The van der Waals surface area contributed by atoms with Crippen molar-refractivity contribution in [2.24, 2.45) is 5.92 Å². The number of rotatable bonds is 7. The van der Waals surface area contributed by atoms with E-state index < -0.39 is 63.2 Å². The average Bonchev–Trinajstić information content (AvgIpc) is 3.58. The highest BCUT2D eigenvalue weighted by Crippen LogP contribution is 2.50. The van der Waals surface area contributed by atoms with Crippen LogP contribution in [0.15, 0.2) is 24.3 Å². The largest absolute Gasteiger partial charge is 0.586 e. The van der Waals surface area contributed by atoms with Crippen LogP contribution in [-0.4, -0.2) is 85.6 Å². The highest BCUT2D eigenvalue weighted by atomic mass is 32.2. The first-order valence-electron chi connectivity index (χ1n) is 16.8. The van der Waals surface area contributed by atoms with Crippen LogP contribution in [0.25, 0.3) is 10.2 Å². The van der Waals surface area contributed by atoms with Gasteiger partial charge in [0.15, 0.2) is 32.1 Å². The quantitative estimate of drug-likeness (QED) is 0.289. The lowest BCUT2D eigenvalue weighted by atomic mass is 9.71. The first-order chi connectivity index (χ1) is 24.4. The van der Waals surface area contributed by atoms with Crippen LogP contribution in [0.2, 0.25) is 0 Å². The monoisotopic (exact) mass is 772 g/mol. The van der Waals surface area contributed by atoms with Crippen molar-refractivity contribution in [2.45, 2.75) is 88.3 Å². The van der Waals surface area contributed by atoms with Crippen LogP contribution in [-0.2, 0) is 14.6 Å². The van der Waals surface area contributed by atoms with Gasteiger partial charge in [-0.05, 0) is 70.1 Å². The summed E-state index contributed by atoms with van der Waals surface area (Å²) in [7, 11) is -3.17. The first-order valence-corrected chi connectivity index (χ1v) is 19.4. The maximum absolute atomic E-state index is 14.3. The van der Waals surface area contributed by atoms with Crippen LogP contribution >= 0.6 is 11.3 Å². The summed E-state index contributed by atoms with van der Waals surface area (Å²) in [5, 5.41) is 5.95. The number of benzene rings is 2. The van der Waals surface area contributed by atoms with E-state index in [4.69, 9.17) is 14.5 Å². The molecule has 0 spiro atoms. The van der Waals surface area contributed by atoms with E-state index in [1.165, 1.54) is 11.3 Å². The van der Waals surface area contributed by atoms with E-state index in [1.807, 2.05) is 4.90 Å². The Bertz CT molecular complexity index is 2080. The lowest BCUT2D eigenvalue weighted by Crippen LogP contribution is -2.66. The van der Waals surface area contributed by atoms with E-state index in [0.29, 0.717) is 21.8 Å². The number of carbonyl (C=O) groups is 2. The van der Waals surface area contributed by atoms with E-state index >= 15 is 0 Å². The molecule has 5 heterocycles. The van der Waals surface area contributed by atoms with Gasteiger partial charge in [-0.1, -0.05) is 11.3 Å². The van der Waals surface area contributed by atoms with Crippen LogP contribution in [0.1, 0.15) is 66.7 Å². The van der Waals surface area contributed by atoms with Crippen molar-refractivity contribution >= 4 is 54.0 Å². The molecular weight excluding hydrogens is 740 g/mol. The highest BCUT2D eigenvalue weighted by molar-refractivity contribution is 7.91. The average molecular weight is 773 g/mol. The number of nitrogens with one attached hydrogen (secondary N) is 2. The molecule has 19 heteroatoms. The molecule has 280 valence electrons. The Morgan fingerprint density at radius 1 is 1.08 bits per heavy atom. The van der Waals surface area contributed by atoms with Gasteiger partial charge in [0, 0.05) is 30.8 Å². The minimum Gasteiger partial charge on any atom is -0.490 e. The molecular formula is C33H33F5N4O8S2. The Labute approximate surface area is 297 Å². The fraction of sp³-hybridized carbons (Fsp3) is 0.545. The van der Waals surface area contributed by atoms with Crippen molar-refractivity contribution in [1.82, 2.24) is 10.3 Å². The molecule has 4 bridgehead atoms. The number of nitrogens with zero attached hydrogens (tertiary/aromatic N) is 2. The lowest BCUT2D eigenvalue weighted by Gasteiger charge is -2.52. The maximum atomic E-state index is 14.3. The Morgan fingerprint density at radius 2 is 1.79 bits per heavy atom. The topological polar surface area (TPSA) is 145 Å². The zero-order valence-corrected chi connectivity index (χ0v) is 29.4. The number of amides is 2. The number of carbonyl (C=O) groups excluding carboxylic acids is 2. The predicted octanol–water partition coefficient (Wildman–Crippen LogP) is 5.65. The lowest BCUT2D eigenvalue weighted by molar-refractivity contribution is -0.306. The normalized spacial score (nSPS) is 28.3. The third-order valence-electron chi connectivity index (χ3n) is 10.3. The molecule has 2 amide bonds. The molecule has 4 fully saturated rings. The number of alkyl halides is 5. The Morgan fingerprint density at radius 3 is 2.48 bits per heavy atom. The maximum Gasteiger partial charge on any atom is 0.586 e. The van der Waals surface area contributed by atoms with Crippen LogP contribution in [0.5, 0.6) is 17.2 Å². The number of sulfone groups is 1. The molecule has 5 unspecified atom stereocenters. The molecule has 4 aliphatic heterocycles. The van der Waals surface area contributed by atoms with Crippen molar-refractivity contribution in [1.29, 1.82) is 0 Å². The van der Waals surface area contributed by atoms with Gasteiger partial charge in [-0.2, -0.15) is 13.2 Å². The van der Waals surface area contributed by atoms with E-state index in [9.17, 15) is 40.0 Å². The minimum absolute atomic E-state index is 0.00105. The summed E-state index contributed by atoms with van der Waals surface area (Å²) >= 11 is 1.17. The summed E-state index contributed by atoms with van der Waals surface area (Å²) in [6.45, 7) is 3.38. The molecule has 12 nitrogen and oxygen atoms in total. The second-order valence-corrected chi connectivity index (χ2v) is 17.3. The standard InChI is InChI=1S/C33H33F5N4O8S2/c1-15(2)48-23-4-3-21-27(51-30(41-21)42-17-9-18(42)14-52(45,46)13-17)26(23)29(44)40-22-11-25-24(49-33(37,38)50-25)10-19(22)28(43)39-20-5-7-31(32(34,35)36)12-16(20)6-8-47-31/h3-4,10-11,15-18,20H,5-9,12-14H2,1-2H3,(H,39,43)(H,40,44). The molecule has 2 aromatic carbocycles. The van der Waals surface area contributed by atoms with Gasteiger partial charge in [-0.3, -0.25) is 9.59 Å². The van der Waals surface area contributed by atoms with Crippen LogP contribution < -0.4 is 29.7 Å². The number of hydrogen-bond donors (Lipinski definition) is 2. The van der Waals surface area contributed by atoms with Gasteiger partial charge in [-0.15, -0.1) is 8.78 Å². The van der Waals surface area contributed by atoms with Crippen molar-refractivity contribution < 1.29 is 58.9 Å². The smallest absolute Gasteiger partial charge is 0.490 e. The second-order valence-electron chi connectivity index (χ2n) is 14.2. The summed E-state index contributed by atoms with van der Waals surface area (Å²) < 4.78 is 115. The van der Waals surface area contributed by atoms with E-state index in [1.54, 1.807) is 26.0 Å². The summed E-state index contributed by atoms with van der Waals surface area (Å²) in [5.74, 6) is -2.92. The Hall–Kier alpha value is -3.97. The number of hydrogen-bond acceptors (Lipinski definition) is 11. The van der Waals surface area contributed by atoms with E-state index in [2.05, 4.69) is 20.1 Å². The highest BCUT2D eigenvalue weighted by Gasteiger charge is 2.61. The number of fused-ring (bicyclic) bond motifs is 6. The molecule has 1 aliphatic carbocycles. The number of thiazole rings is 1. The van der Waals surface area contributed by atoms with Crippen molar-refractivity contribution in [3.8, 4) is 17.2 Å². The Kier molecular flexibility index (Phi) is 8.11. The van der Waals surface area contributed by atoms with Gasteiger partial charge in [-0.25, -0.2) is 13.4 Å². The molecule has 0 radical (unpaired) electrons. The summed E-state index contributed by atoms with van der Waals surface area (Å²) in [6.07, 6.45) is -8.79. The number of ether oxygens (including phenoxy) is 4. The SMILES string of the molecule is CC(C)Oc1ccc2nc(N3C4CC3CS(=O)(=O)C4)sc2c1C(=O)Nc1cc2c(cc1C(=O)NC1CCC3(C(F)(F)F)CC1CCO3)OC(F)(F)O2. The van der Waals surface area contributed by atoms with Gasteiger partial charge in [0.1, 0.15) is 11.3 Å². The van der Waals surface area contributed by atoms with Crippen molar-refractivity contribution in [3.63, 3.8) is 0 Å². The zero-order chi connectivity index (χ0) is 37.0. The third kappa shape index (κ3) is 6.07. The zero-order valence-electron chi connectivity index (χ0n) is 27.7. The van der Waals surface area contributed by atoms with Gasteiger partial charge < -0.3 is 34.5 Å². The fourth-order valence-electron chi connectivity index (χ4n) is 7.98. The molecule has 8 rings (SSSR count). The third-order valence-corrected chi connectivity index (χ3v) is 13.2. The molecule has 1 saturated carbocycles. The van der Waals surface area contributed by atoms with Gasteiger partial charge in [0.05, 0.1) is 39.1 Å². The van der Waals surface area contributed by atoms with Gasteiger partial charge in [0.2, 0.25) is 0 Å². The Balaban J connectivity index is 1.12. The summed E-state index contributed by atoms with van der Waals surface area (Å²) in [6, 6.07) is 4.08. The molecule has 3 aromatic rings. The second kappa shape index (κ2) is 12.0. The van der Waals surface area contributed by atoms with Crippen LogP contribution in [0.3, 0.4) is 0 Å². The summed E-state index contributed by atoms with van der Waals surface area (Å²) in [4.78, 5) is 34.8. The van der Waals surface area contributed by atoms with Crippen molar-refractivity contribution in [2.75, 3.05) is 28.3 Å². The van der Waals surface area contributed by atoms with E-state index in [0.717, 1.165) is 12.1 Å². The number of halogens is 5. The molecule has 5 atom stereocenters. The molecule has 1 aromatic heterocycles. The number of anilines is 2. The fourth-order valence-corrected chi connectivity index (χ4v) is 11.1.